The molecule has 0 fully saturated rings. The minimum atomic E-state index is -3.00. The van der Waals surface area contributed by atoms with Crippen molar-refractivity contribution in [2.45, 2.75) is 6.43 Å². The van der Waals surface area contributed by atoms with Gasteiger partial charge in [-0.15, -0.1) is 0 Å². The van der Waals surface area contributed by atoms with Gasteiger partial charge in [-0.25, -0.2) is 8.78 Å². The van der Waals surface area contributed by atoms with Crippen molar-refractivity contribution in [2.75, 3.05) is 0 Å². The SMILES string of the molecule is O=C(c1ccc(Cl)c2ccccc12)C(F)F. The summed E-state index contributed by atoms with van der Waals surface area (Å²) in [6.45, 7) is 0. The van der Waals surface area contributed by atoms with Crippen molar-refractivity contribution in [3.05, 3.63) is 47.0 Å². The maximum absolute atomic E-state index is 12.4. The zero-order valence-electron chi connectivity index (χ0n) is 8.08. The van der Waals surface area contributed by atoms with Crippen molar-refractivity contribution in [3.63, 3.8) is 0 Å². The first-order valence-corrected chi connectivity index (χ1v) is 4.98. The van der Waals surface area contributed by atoms with E-state index in [4.69, 9.17) is 11.6 Å². The third-order valence-corrected chi connectivity index (χ3v) is 2.66. The first-order chi connectivity index (χ1) is 7.61. The maximum Gasteiger partial charge on any atom is 0.300 e. The fourth-order valence-corrected chi connectivity index (χ4v) is 1.82. The third kappa shape index (κ3) is 1.78. The molecule has 82 valence electrons. The number of Topliss-reactive ketones (excluding diaryl/α,β-unsaturated/α-hetero) is 1. The summed E-state index contributed by atoms with van der Waals surface area (Å²) in [4.78, 5) is 11.3. The number of halogens is 3. The molecule has 2 aromatic rings. The van der Waals surface area contributed by atoms with Gasteiger partial charge in [0.1, 0.15) is 0 Å². The topological polar surface area (TPSA) is 17.1 Å². The Kier molecular flexibility index (Phi) is 2.88. The van der Waals surface area contributed by atoms with Crippen LogP contribution in [0.3, 0.4) is 0 Å². The molecule has 2 rings (SSSR count). The monoisotopic (exact) mass is 240 g/mol. The van der Waals surface area contributed by atoms with Crippen LogP contribution in [0.15, 0.2) is 36.4 Å². The third-order valence-electron chi connectivity index (χ3n) is 2.33. The van der Waals surface area contributed by atoms with Crippen LogP contribution in [-0.4, -0.2) is 12.2 Å². The molecular formula is C12H7ClF2O. The van der Waals surface area contributed by atoms with E-state index in [9.17, 15) is 13.6 Å². The van der Waals surface area contributed by atoms with Crippen LogP contribution in [0.4, 0.5) is 8.78 Å². The molecule has 1 nitrogen and oxygen atoms in total. The number of alkyl halides is 2. The average Bonchev–Trinajstić information content (AvgIpc) is 2.29. The molecule has 0 amide bonds. The highest BCUT2D eigenvalue weighted by Crippen LogP contribution is 2.27. The molecule has 0 saturated heterocycles. The standard InChI is InChI=1S/C12H7ClF2O/c13-10-6-5-9(11(16)12(14)15)7-3-1-2-4-8(7)10/h1-6,12H. The molecule has 0 radical (unpaired) electrons. The molecule has 0 aromatic heterocycles. The second kappa shape index (κ2) is 4.18. The number of carbonyl (C=O) groups excluding carboxylic acids is 1. The Balaban J connectivity index is 2.72. The zero-order valence-corrected chi connectivity index (χ0v) is 8.84. The summed E-state index contributed by atoms with van der Waals surface area (Å²) in [6, 6.07) is 9.52. The van der Waals surface area contributed by atoms with E-state index in [0.29, 0.717) is 15.8 Å². The Morgan fingerprint density at radius 3 is 2.31 bits per heavy atom. The van der Waals surface area contributed by atoms with Gasteiger partial charge >= 0.3 is 6.43 Å². The van der Waals surface area contributed by atoms with Gasteiger partial charge in [0.25, 0.3) is 0 Å². The Morgan fingerprint density at radius 2 is 1.69 bits per heavy atom. The van der Waals surface area contributed by atoms with Crippen molar-refractivity contribution in [2.24, 2.45) is 0 Å². The van der Waals surface area contributed by atoms with E-state index >= 15 is 0 Å². The van der Waals surface area contributed by atoms with E-state index < -0.39 is 12.2 Å². The summed E-state index contributed by atoms with van der Waals surface area (Å²) in [6.07, 6.45) is -3.00. The van der Waals surface area contributed by atoms with Crippen LogP contribution >= 0.6 is 11.6 Å². The summed E-state index contributed by atoms with van der Waals surface area (Å²) in [5.41, 5.74) is 0.00926. The number of hydrogen-bond donors (Lipinski definition) is 0. The molecule has 0 aliphatic rings. The molecule has 16 heavy (non-hydrogen) atoms. The molecule has 0 spiro atoms. The highest BCUT2D eigenvalue weighted by Gasteiger charge is 2.20. The molecule has 0 bridgehead atoms. The lowest BCUT2D eigenvalue weighted by Crippen LogP contribution is -2.10. The van der Waals surface area contributed by atoms with Gasteiger partial charge in [0.05, 0.1) is 0 Å². The van der Waals surface area contributed by atoms with E-state index in [1.165, 1.54) is 12.1 Å². The Bertz CT molecular complexity index is 552. The van der Waals surface area contributed by atoms with Gasteiger partial charge in [-0.2, -0.15) is 0 Å². The predicted molar refractivity (Wildman–Crippen MR) is 59.3 cm³/mol. The van der Waals surface area contributed by atoms with Crippen LogP contribution in [0.1, 0.15) is 10.4 Å². The smallest absolute Gasteiger partial charge is 0.288 e. The first kappa shape index (κ1) is 11.0. The molecule has 0 N–H and O–H groups in total. The normalized spacial score (nSPS) is 11.0. The zero-order chi connectivity index (χ0) is 11.7. The fraction of sp³-hybridized carbons (Fsp3) is 0.0833. The quantitative estimate of drug-likeness (QED) is 0.727. The molecule has 0 heterocycles. The van der Waals surface area contributed by atoms with Crippen molar-refractivity contribution in [1.29, 1.82) is 0 Å². The van der Waals surface area contributed by atoms with Gasteiger partial charge in [0, 0.05) is 16.0 Å². The van der Waals surface area contributed by atoms with Gasteiger partial charge < -0.3 is 0 Å². The van der Waals surface area contributed by atoms with Crippen LogP contribution in [0, 0.1) is 0 Å². The van der Waals surface area contributed by atoms with E-state index in [0.717, 1.165) is 0 Å². The Hall–Kier alpha value is -1.48. The lowest BCUT2D eigenvalue weighted by atomic mass is 10.0. The van der Waals surface area contributed by atoms with Crippen LogP contribution in [0.5, 0.6) is 0 Å². The summed E-state index contributed by atoms with van der Waals surface area (Å²) in [7, 11) is 0. The number of hydrogen-bond acceptors (Lipinski definition) is 1. The van der Waals surface area contributed by atoms with Crippen LogP contribution in [0.25, 0.3) is 10.8 Å². The summed E-state index contributed by atoms with van der Waals surface area (Å²) in [5, 5.41) is 1.51. The van der Waals surface area contributed by atoms with Gasteiger partial charge in [-0.3, -0.25) is 4.79 Å². The van der Waals surface area contributed by atoms with Crippen LogP contribution in [0.2, 0.25) is 5.02 Å². The van der Waals surface area contributed by atoms with E-state index in [1.807, 2.05) is 0 Å². The minimum absolute atomic E-state index is 0.00926. The van der Waals surface area contributed by atoms with E-state index in [-0.39, 0.29) is 5.56 Å². The Morgan fingerprint density at radius 1 is 1.06 bits per heavy atom. The molecule has 0 saturated carbocycles. The lowest BCUT2D eigenvalue weighted by Gasteiger charge is -2.06. The second-order valence-corrected chi connectivity index (χ2v) is 3.71. The molecule has 2 aromatic carbocycles. The van der Waals surface area contributed by atoms with E-state index in [1.54, 1.807) is 24.3 Å². The molecule has 4 heteroatoms. The minimum Gasteiger partial charge on any atom is -0.288 e. The van der Waals surface area contributed by atoms with Crippen molar-refractivity contribution < 1.29 is 13.6 Å². The summed E-state index contributed by atoms with van der Waals surface area (Å²) >= 11 is 5.91. The first-order valence-electron chi connectivity index (χ1n) is 4.61. The van der Waals surface area contributed by atoms with Crippen molar-refractivity contribution in [1.82, 2.24) is 0 Å². The number of ketones is 1. The van der Waals surface area contributed by atoms with Crippen molar-refractivity contribution in [3.8, 4) is 0 Å². The van der Waals surface area contributed by atoms with Crippen LogP contribution < -0.4 is 0 Å². The predicted octanol–water partition coefficient (Wildman–Crippen LogP) is 3.94. The average molecular weight is 241 g/mol. The largest absolute Gasteiger partial charge is 0.300 e. The lowest BCUT2D eigenvalue weighted by molar-refractivity contribution is 0.0680. The number of carbonyl (C=O) groups is 1. The fourth-order valence-electron chi connectivity index (χ4n) is 1.59. The highest BCUT2D eigenvalue weighted by molar-refractivity contribution is 6.36. The number of rotatable bonds is 2. The number of benzene rings is 2. The Labute approximate surface area is 95.6 Å². The van der Waals surface area contributed by atoms with Gasteiger partial charge in [-0.1, -0.05) is 35.9 Å². The number of fused-ring (bicyclic) bond motifs is 1. The molecular weight excluding hydrogens is 234 g/mol. The highest BCUT2D eigenvalue weighted by atomic mass is 35.5. The van der Waals surface area contributed by atoms with E-state index in [2.05, 4.69) is 0 Å². The molecule has 0 unspecified atom stereocenters. The maximum atomic E-state index is 12.4. The van der Waals surface area contributed by atoms with Gasteiger partial charge in [0.2, 0.25) is 5.78 Å². The summed E-state index contributed by atoms with van der Waals surface area (Å²) < 4.78 is 24.7. The summed E-state index contributed by atoms with van der Waals surface area (Å²) in [5.74, 6) is -1.17. The van der Waals surface area contributed by atoms with Crippen molar-refractivity contribution >= 4 is 28.2 Å². The second-order valence-electron chi connectivity index (χ2n) is 3.31. The molecule has 0 atom stereocenters. The molecule has 0 aliphatic heterocycles. The van der Waals surface area contributed by atoms with Gasteiger partial charge in [-0.05, 0) is 17.5 Å². The van der Waals surface area contributed by atoms with Gasteiger partial charge in [0.15, 0.2) is 0 Å². The molecule has 0 aliphatic carbocycles. The van der Waals surface area contributed by atoms with Crippen LogP contribution in [-0.2, 0) is 0 Å².